The summed E-state index contributed by atoms with van der Waals surface area (Å²) in [6.07, 6.45) is 0.236. The van der Waals surface area contributed by atoms with E-state index >= 15 is 0 Å². The van der Waals surface area contributed by atoms with Gasteiger partial charge in [-0.25, -0.2) is 4.79 Å². The van der Waals surface area contributed by atoms with Gasteiger partial charge in [-0.3, -0.25) is 4.79 Å². The standard InChI is InChI=1S/C15H20Cl2N2O3.Na.H/c1-11(20)18-14(15(21)22)10-12-2-4-13(5-3-12)19(8-6-16)9-7-17;;/h2-5,14H,6-10H2,1H3,(H,18,20)(H,21,22);;/q;+1;-1/t14-;;/m0../s1. The van der Waals surface area contributed by atoms with Crippen LogP contribution in [0.15, 0.2) is 24.3 Å². The molecule has 0 saturated carbocycles. The van der Waals surface area contributed by atoms with Crippen molar-refractivity contribution in [1.82, 2.24) is 5.32 Å². The Kier molecular flexibility index (Phi) is 11.7. The molecule has 0 aliphatic carbocycles. The van der Waals surface area contributed by atoms with E-state index in [-0.39, 0.29) is 43.3 Å². The van der Waals surface area contributed by atoms with Crippen molar-refractivity contribution in [3.05, 3.63) is 29.8 Å². The molecule has 0 aromatic heterocycles. The van der Waals surface area contributed by atoms with E-state index < -0.39 is 12.0 Å². The van der Waals surface area contributed by atoms with Crippen molar-refractivity contribution < 1.29 is 45.7 Å². The van der Waals surface area contributed by atoms with Gasteiger partial charge in [0, 0.05) is 43.9 Å². The maximum absolute atomic E-state index is 11.1. The number of carboxylic acid groups (broad SMARTS) is 1. The van der Waals surface area contributed by atoms with Crippen molar-refractivity contribution in [2.75, 3.05) is 29.7 Å². The number of rotatable bonds is 9. The van der Waals surface area contributed by atoms with Crippen molar-refractivity contribution in [3.8, 4) is 0 Å². The second-order valence-corrected chi connectivity index (χ2v) is 5.58. The van der Waals surface area contributed by atoms with Crippen molar-refractivity contribution in [1.29, 1.82) is 0 Å². The molecule has 0 aliphatic heterocycles. The maximum Gasteiger partial charge on any atom is 1.00 e. The van der Waals surface area contributed by atoms with E-state index in [1.54, 1.807) is 0 Å². The number of amides is 1. The van der Waals surface area contributed by atoms with Crippen LogP contribution in [0.5, 0.6) is 0 Å². The first-order valence-corrected chi connectivity index (χ1v) is 8.00. The topological polar surface area (TPSA) is 69.6 Å². The average Bonchev–Trinajstić information content (AvgIpc) is 2.46. The van der Waals surface area contributed by atoms with Gasteiger partial charge in [0.15, 0.2) is 0 Å². The summed E-state index contributed by atoms with van der Waals surface area (Å²) in [5, 5.41) is 11.5. The predicted molar refractivity (Wildman–Crippen MR) is 90.2 cm³/mol. The third-order valence-electron chi connectivity index (χ3n) is 3.13. The maximum atomic E-state index is 11.1. The normalized spacial score (nSPS) is 11.3. The fraction of sp³-hybridized carbons (Fsp3) is 0.467. The van der Waals surface area contributed by atoms with Crippen molar-refractivity contribution >= 4 is 40.8 Å². The van der Waals surface area contributed by atoms with Crippen LogP contribution in [0.1, 0.15) is 13.9 Å². The monoisotopic (exact) mass is 370 g/mol. The van der Waals surface area contributed by atoms with Crippen LogP contribution in [-0.4, -0.2) is 47.9 Å². The zero-order valence-electron chi connectivity index (χ0n) is 14.4. The van der Waals surface area contributed by atoms with Gasteiger partial charge >= 0.3 is 35.5 Å². The number of aliphatic carboxylic acids is 1. The molecular formula is C15H21Cl2N2NaO3. The first-order valence-electron chi connectivity index (χ1n) is 6.93. The Balaban J connectivity index is 0. The van der Waals surface area contributed by atoms with Gasteiger partial charge in [0.1, 0.15) is 6.04 Å². The van der Waals surface area contributed by atoms with Gasteiger partial charge < -0.3 is 16.7 Å². The molecule has 0 bridgehead atoms. The van der Waals surface area contributed by atoms with Crippen LogP contribution < -0.4 is 39.8 Å². The Morgan fingerprint density at radius 1 is 1.22 bits per heavy atom. The molecule has 0 heterocycles. The van der Waals surface area contributed by atoms with Crippen molar-refractivity contribution in [2.24, 2.45) is 0 Å². The van der Waals surface area contributed by atoms with E-state index in [2.05, 4.69) is 10.2 Å². The number of anilines is 1. The number of carbonyl (C=O) groups is 2. The molecule has 0 fully saturated rings. The Labute approximate surface area is 170 Å². The Hall–Kier alpha value is -0.460. The summed E-state index contributed by atoms with van der Waals surface area (Å²) >= 11 is 11.6. The molecule has 0 saturated heterocycles. The number of nitrogens with zero attached hydrogens (tertiary/aromatic N) is 1. The largest absolute Gasteiger partial charge is 1.00 e. The molecule has 1 rings (SSSR count). The molecular weight excluding hydrogens is 350 g/mol. The predicted octanol–water partition coefficient (Wildman–Crippen LogP) is -0.781. The van der Waals surface area contributed by atoms with Gasteiger partial charge in [0.05, 0.1) is 0 Å². The molecule has 1 aromatic rings. The van der Waals surface area contributed by atoms with Crippen LogP contribution in [0.25, 0.3) is 0 Å². The molecule has 1 amide bonds. The van der Waals surface area contributed by atoms with Gasteiger partial charge in [-0.2, -0.15) is 0 Å². The third kappa shape index (κ3) is 8.27. The number of hydrogen-bond acceptors (Lipinski definition) is 3. The van der Waals surface area contributed by atoms with E-state index in [1.165, 1.54) is 6.92 Å². The number of nitrogens with one attached hydrogen (secondary N) is 1. The number of alkyl halides is 2. The first-order chi connectivity index (χ1) is 10.5. The third-order valence-corrected chi connectivity index (χ3v) is 3.46. The van der Waals surface area contributed by atoms with Gasteiger partial charge in [0.25, 0.3) is 0 Å². The van der Waals surface area contributed by atoms with Crippen LogP contribution in [0.4, 0.5) is 5.69 Å². The summed E-state index contributed by atoms with van der Waals surface area (Å²) in [6, 6.07) is 6.58. The van der Waals surface area contributed by atoms with E-state index in [0.717, 1.165) is 11.3 Å². The molecule has 124 valence electrons. The minimum Gasteiger partial charge on any atom is -1.00 e. The number of halogens is 2. The number of carbonyl (C=O) groups excluding carboxylic acids is 1. The van der Waals surface area contributed by atoms with Gasteiger partial charge in [-0.15, -0.1) is 23.2 Å². The van der Waals surface area contributed by atoms with Gasteiger partial charge in [-0.05, 0) is 17.7 Å². The van der Waals surface area contributed by atoms with E-state index in [0.29, 0.717) is 24.8 Å². The molecule has 0 spiro atoms. The SMILES string of the molecule is CC(=O)N[C@@H](Cc1ccc(N(CCCl)CCCl)cc1)C(=O)O.[H-].[Na+]. The Morgan fingerprint density at radius 3 is 2.13 bits per heavy atom. The van der Waals surface area contributed by atoms with E-state index in [4.69, 9.17) is 28.3 Å². The minimum atomic E-state index is -1.05. The summed E-state index contributed by atoms with van der Waals surface area (Å²) < 4.78 is 0. The summed E-state index contributed by atoms with van der Waals surface area (Å²) in [5.41, 5.74) is 1.82. The fourth-order valence-electron chi connectivity index (χ4n) is 2.10. The van der Waals surface area contributed by atoms with Crippen LogP contribution in [0.3, 0.4) is 0 Å². The molecule has 1 aromatic carbocycles. The average molecular weight is 371 g/mol. The molecule has 0 unspecified atom stereocenters. The van der Waals surface area contributed by atoms with Crippen molar-refractivity contribution in [2.45, 2.75) is 19.4 Å². The summed E-state index contributed by atoms with van der Waals surface area (Å²) in [6.45, 7) is 2.68. The summed E-state index contributed by atoms with van der Waals surface area (Å²) in [4.78, 5) is 24.2. The molecule has 8 heteroatoms. The Morgan fingerprint density at radius 2 is 1.74 bits per heavy atom. The van der Waals surface area contributed by atoms with E-state index in [9.17, 15) is 9.59 Å². The molecule has 23 heavy (non-hydrogen) atoms. The van der Waals surface area contributed by atoms with E-state index in [1.807, 2.05) is 24.3 Å². The molecule has 5 nitrogen and oxygen atoms in total. The zero-order valence-corrected chi connectivity index (χ0v) is 16.9. The quantitative estimate of drug-likeness (QED) is 0.442. The van der Waals surface area contributed by atoms with Gasteiger partial charge in [-0.1, -0.05) is 12.1 Å². The van der Waals surface area contributed by atoms with Crippen LogP contribution in [0.2, 0.25) is 0 Å². The van der Waals surface area contributed by atoms with Crippen molar-refractivity contribution in [3.63, 3.8) is 0 Å². The second-order valence-electron chi connectivity index (χ2n) is 4.83. The minimum absolute atomic E-state index is 0. The zero-order chi connectivity index (χ0) is 16.5. The molecule has 0 aliphatic rings. The van der Waals surface area contributed by atoms with Crippen LogP contribution >= 0.6 is 23.2 Å². The van der Waals surface area contributed by atoms with Gasteiger partial charge in [0.2, 0.25) is 5.91 Å². The number of benzene rings is 1. The Bertz CT molecular complexity index is 500. The molecule has 2 N–H and O–H groups in total. The van der Waals surface area contributed by atoms with Crippen LogP contribution in [0, 0.1) is 0 Å². The smallest absolute Gasteiger partial charge is 1.00 e. The van der Waals surface area contributed by atoms with Crippen LogP contribution in [-0.2, 0) is 16.0 Å². The first kappa shape index (κ1) is 22.5. The molecule has 1 atom stereocenters. The fourth-order valence-corrected chi connectivity index (χ4v) is 2.51. The number of carboxylic acids is 1. The second kappa shape index (κ2) is 12.0. The summed E-state index contributed by atoms with van der Waals surface area (Å²) in [5.74, 6) is -0.408. The summed E-state index contributed by atoms with van der Waals surface area (Å²) in [7, 11) is 0. The molecule has 0 radical (unpaired) electrons. The number of hydrogen-bond donors (Lipinski definition) is 2.